The number of benzene rings is 1. The third-order valence-electron chi connectivity index (χ3n) is 3.95. The standard InChI is InChI=1S/C15H19NO4/c1-16(10-5-4-6-11(17)9-10)14(18)12-7-2-3-8-13(12)15(19)20/h4-6,9,12-13,17H,2-3,7-8H2,1H3,(H,19,20)/t12-,13+/m1/s1. The first-order valence-electron chi connectivity index (χ1n) is 6.80. The molecule has 0 radical (unpaired) electrons. The lowest BCUT2D eigenvalue weighted by Gasteiger charge is -2.31. The lowest BCUT2D eigenvalue weighted by molar-refractivity contribution is -0.148. The van der Waals surface area contributed by atoms with Gasteiger partial charge in [0.1, 0.15) is 5.75 Å². The first-order valence-corrected chi connectivity index (χ1v) is 6.80. The van der Waals surface area contributed by atoms with Crippen LogP contribution in [0.5, 0.6) is 5.75 Å². The maximum absolute atomic E-state index is 12.5. The molecule has 20 heavy (non-hydrogen) atoms. The van der Waals surface area contributed by atoms with Crippen LogP contribution in [0.3, 0.4) is 0 Å². The predicted octanol–water partition coefficient (Wildman–Crippen LogP) is 2.25. The number of carboxylic acid groups (broad SMARTS) is 1. The average molecular weight is 277 g/mol. The zero-order valence-electron chi connectivity index (χ0n) is 11.5. The van der Waals surface area contributed by atoms with Gasteiger partial charge in [-0.1, -0.05) is 18.9 Å². The van der Waals surface area contributed by atoms with Gasteiger partial charge in [-0.05, 0) is 25.0 Å². The Hall–Kier alpha value is -2.04. The molecular weight excluding hydrogens is 258 g/mol. The second-order valence-corrected chi connectivity index (χ2v) is 5.25. The van der Waals surface area contributed by atoms with Crippen LogP contribution >= 0.6 is 0 Å². The van der Waals surface area contributed by atoms with Crippen LogP contribution in [0.1, 0.15) is 25.7 Å². The number of phenols is 1. The van der Waals surface area contributed by atoms with E-state index in [1.54, 1.807) is 19.2 Å². The molecule has 2 N–H and O–H groups in total. The molecule has 1 saturated carbocycles. The number of carbonyl (C=O) groups is 2. The number of amides is 1. The third-order valence-corrected chi connectivity index (χ3v) is 3.95. The first-order chi connectivity index (χ1) is 9.50. The van der Waals surface area contributed by atoms with Crippen LogP contribution in [0.25, 0.3) is 0 Å². The van der Waals surface area contributed by atoms with Gasteiger partial charge in [0, 0.05) is 18.8 Å². The van der Waals surface area contributed by atoms with E-state index in [1.807, 2.05) is 0 Å². The molecule has 0 saturated heterocycles. The Morgan fingerprint density at radius 3 is 2.45 bits per heavy atom. The molecule has 0 spiro atoms. The van der Waals surface area contributed by atoms with Gasteiger partial charge in [-0.25, -0.2) is 0 Å². The lowest BCUT2D eigenvalue weighted by atomic mass is 9.78. The zero-order chi connectivity index (χ0) is 14.7. The quantitative estimate of drug-likeness (QED) is 0.888. The van der Waals surface area contributed by atoms with Gasteiger partial charge in [0.25, 0.3) is 0 Å². The molecule has 1 aromatic carbocycles. The summed E-state index contributed by atoms with van der Waals surface area (Å²) in [5.41, 5.74) is 0.574. The molecule has 0 heterocycles. The molecule has 0 aliphatic heterocycles. The van der Waals surface area contributed by atoms with Gasteiger partial charge < -0.3 is 15.1 Å². The summed E-state index contributed by atoms with van der Waals surface area (Å²) in [4.78, 5) is 25.2. The van der Waals surface area contributed by atoms with Gasteiger partial charge in [0.15, 0.2) is 0 Å². The van der Waals surface area contributed by atoms with E-state index in [9.17, 15) is 19.8 Å². The number of rotatable bonds is 3. The summed E-state index contributed by atoms with van der Waals surface area (Å²) < 4.78 is 0. The van der Waals surface area contributed by atoms with E-state index in [4.69, 9.17) is 0 Å². The third kappa shape index (κ3) is 2.92. The van der Waals surface area contributed by atoms with Gasteiger partial charge in [-0.3, -0.25) is 9.59 Å². The molecule has 5 nitrogen and oxygen atoms in total. The smallest absolute Gasteiger partial charge is 0.307 e. The summed E-state index contributed by atoms with van der Waals surface area (Å²) in [5, 5.41) is 18.7. The Morgan fingerprint density at radius 1 is 1.20 bits per heavy atom. The number of hydrogen-bond donors (Lipinski definition) is 2. The average Bonchev–Trinajstić information content (AvgIpc) is 2.45. The van der Waals surface area contributed by atoms with Gasteiger partial charge in [0.05, 0.1) is 11.8 Å². The topological polar surface area (TPSA) is 77.8 Å². The Bertz CT molecular complexity index is 514. The number of aliphatic carboxylic acids is 1. The number of anilines is 1. The van der Waals surface area contributed by atoms with Gasteiger partial charge in [-0.15, -0.1) is 0 Å². The van der Waals surface area contributed by atoms with Crippen molar-refractivity contribution < 1.29 is 19.8 Å². The predicted molar refractivity (Wildman–Crippen MR) is 74.6 cm³/mol. The summed E-state index contributed by atoms with van der Waals surface area (Å²) >= 11 is 0. The Kier molecular flexibility index (Phi) is 4.27. The van der Waals surface area contributed by atoms with E-state index in [-0.39, 0.29) is 11.7 Å². The van der Waals surface area contributed by atoms with Crippen LogP contribution in [-0.2, 0) is 9.59 Å². The van der Waals surface area contributed by atoms with Crippen LogP contribution < -0.4 is 4.90 Å². The minimum Gasteiger partial charge on any atom is -0.508 e. The molecule has 2 rings (SSSR count). The summed E-state index contributed by atoms with van der Waals surface area (Å²) in [7, 11) is 1.62. The van der Waals surface area contributed by atoms with Crippen molar-refractivity contribution >= 4 is 17.6 Å². The van der Waals surface area contributed by atoms with Crippen molar-refractivity contribution in [3.8, 4) is 5.75 Å². The van der Waals surface area contributed by atoms with E-state index in [0.29, 0.717) is 18.5 Å². The second-order valence-electron chi connectivity index (χ2n) is 5.25. The molecule has 1 aliphatic carbocycles. The van der Waals surface area contributed by atoms with Gasteiger partial charge in [-0.2, -0.15) is 0 Å². The molecule has 0 bridgehead atoms. The number of phenolic OH excluding ortho intramolecular Hbond substituents is 1. The molecule has 2 atom stereocenters. The summed E-state index contributed by atoms with van der Waals surface area (Å²) in [5.74, 6) is -2.08. The summed E-state index contributed by atoms with van der Waals surface area (Å²) in [6, 6.07) is 6.40. The molecule has 1 fully saturated rings. The minimum atomic E-state index is -0.896. The molecule has 0 aromatic heterocycles. The molecular formula is C15H19NO4. The molecule has 1 aromatic rings. The maximum Gasteiger partial charge on any atom is 0.307 e. The van der Waals surface area contributed by atoms with Crippen LogP contribution in [0.15, 0.2) is 24.3 Å². The minimum absolute atomic E-state index is 0.0839. The number of carboxylic acids is 1. The fourth-order valence-corrected chi connectivity index (χ4v) is 2.80. The monoisotopic (exact) mass is 277 g/mol. The highest BCUT2D eigenvalue weighted by Gasteiger charge is 2.37. The molecule has 0 unspecified atom stereocenters. The van der Waals surface area contributed by atoms with Crippen molar-refractivity contribution in [2.24, 2.45) is 11.8 Å². The van der Waals surface area contributed by atoms with E-state index in [0.717, 1.165) is 12.8 Å². The van der Waals surface area contributed by atoms with Crippen molar-refractivity contribution in [3.63, 3.8) is 0 Å². The number of carbonyl (C=O) groups excluding carboxylic acids is 1. The van der Waals surface area contributed by atoms with E-state index in [2.05, 4.69) is 0 Å². The first kappa shape index (κ1) is 14.4. The molecule has 1 aliphatic rings. The Morgan fingerprint density at radius 2 is 1.85 bits per heavy atom. The van der Waals surface area contributed by atoms with Crippen LogP contribution in [-0.4, -0.2) is 29.1 Å². The molecule has 1 amide bonds. The molecule has 108 valence electrons. The van der Waals surface area contributed by atoms with E-state index >= 15 is 0 Å². The number of hydrogen-bond acceptors (Lipinski definition) is 3. The fraction of sp³-hybridized carbons (Fsp3) is 0.467. The maximum atomic E-state index is 12.5. The van der Waals surface area contributed by atoms with Gasteiger partial charge >= 0.3 is 5.97 Å². The molecule has 5 heteroatoms. The van der Waals surface area contributed by atoms with Gasteiger partial charge in [0.2, 0.25) is 5.91 Å². The number of aromatic hydroxyl groups is 1. The van der Waals surface area contributed by atoms with Crippen LogP contribution in [0, 0.1) is 11.8 Å². The largest absolute Gasteiger partial charge is 0.508 e. The van der Waals surface area contributed by atoms with Crippen molar-refractivity contribution in [1.29, 1.82) is 0 Å². The normalized spacial score (nSPS) is 22.2. The van der Waals surface area contributed by atoms with E-state index < -0.39 is 17.8 Å². The SMILES string of the molecule is CN(C(=O)[C@@H]1CCCC[C@@H]1C(=O)O)c1cccc(O)c1. The van der Waals surface area contributed by atoms with E-state index in [1.165, 1.54) is 17.0 Å². The number of nitrogens with zero attached hydrogens (tertiary/aromatic N) is 1. The Labute approximate surface area is 117 Å². The second kappa shape index (κ2) is 5.94. The highest BCUT2D eigenvalue weighted by atomic mass is 16.4. The fourth-order valence-electron chi connectivity index (χ4n) is 2.80. The Balaban J connectivity index is 2.18. The van der Waals surface area contributed by atoms with Crippen LogP contribution in [0.2, 0.25) is 0 Å². The van der Waals surface area contributed by atoms with Crippen LogP contribution in [0.4, 0.5) is 5.69 Å². The summed E-state index contributed by atoms with van der Waals surface area (Å²) in [6.45, 7) is 0. The van der Waals surface area contributed by atoms with Crippen molar-refractivity contribution in [2.75, 3.05) is 11.9 Å². The van der Waals surface area contributed by atoms with Crippen molar-refractivity contribution in [2.45, 2.75) is 25.7 Å². The highest BCUT2D eigenvalue weighted by Crippen LogP contribution is 2.33. The van der Waals surface area contributed by atoms with Crippen molar-refractivity contribution in [3.05, 3.63) is 24.3 Å². The summed E-state index contributed by atoms with van der Waals surface area (Å²) in [6.07, 6.45) is 2.91. The van der Waals surface area contributed by atoms with Crippen molar-refractivity contribution in [1.82, 2.24) is 0 Å². The zero-order valence-corrected chi connectivity index (χ0v) is 11.5. The highest BCUT2D eigenvalue weighted by molar-refractivity contribution is 5.97. The lowest BCUT2D eigenvalue weighted by Crippen LogP contribution is -2.40.